The Labute approximate surface area is 345 Å². The van der Waals surface area contributed by atoms with E-state index in [4.69, 9.17) is 32.7 Å². The Morgan fingerprint density at radius 1 is 0.983 bits per heavy atom. The van der Waals surface area contributed by atoms with Gasteiger partial charge in [0, 0.05) is 54.3 Å². The third kappa shape index (κ3) is 7.31. The van der Waals surface area contributed by atoms with E-state index in [1.807, 2.05) is 6.20 Å². The van der Waals surface area contributed by atoms with Crippen LogP contribution in [0.3, 0.4) is 0 Å². The first kappa shape index (κ1) is 39.7. The summed E-state index contributed by atoms with van der Waals surface area (Å²) >= 11 is 6.24. The van der Waals surface area contributed by atoms with E-state index in [2.05, 4.69) is 53.1 Å². The average Bonchev–Trinajstić information content (AvgIpc) is 3.85. The molecule has 4 aromatic rings. The standard InChI is InChI=1S/C43H43ClN8O7/c1-42(2)40(43(3,4)41(42)59-27-10-12-31(45-5)30(44)19-27)48-36(54)24-8-14-34(46-20-24)51-22-25-21-50(23-32(25)49-51)16-6-7-17-58-26-9-11-28-29(18-26)39(57)52(38(28)56)33-13-15-35(53)47-37(33)55/h8-12,14,18-20,22,33,40-41H,6-7,13,15-17,21,23H2,1-4H3,(H,48,54)(H,47,53,55). The van der Waals surface area contributed by atoms with Crippen molar-refractivity contribution in [2.45, 2.75) is 84.7 Å². The van der Waals surface area contributed by atoms with Crippen LogP contribution in [0.25, 0.3) is 10.7 Å². The lowest BCUT2D eigenvalue weighted by molar-refractivity contribution is -0.164. The van der Waals surface area contributed by atoms with Gasteiger partial charge in [0.05, 0.1) is 40.6 Å². The molecule has 16 heteroatoms. The van der Waals surface area contributed by atoms with E-state index >= 15 is 0 Å². The number of halogens is 1. The van der Waals surface area contributed by atoms with E-state index in [-0.39, 0.29) is 42.0 Å². The highest BCUT2D eigenvalue weighted by Gasteiger charge is 2.64. The molecule has 15 nitrogen and oxygen atoms in total. The van der Waals surface area contributed by atoms with Crippen LogP contribution in [0, 0.1) is 17.4 Å². The predicted octanol–water partition coefficient (Wildman–Crippen LogP) is 5.66. The van der Waals surface area contributed by atoms with Gasteiger partial charge >= 0.3 is 0 Å². The molecule has 2 aromatic heterocycles. The van der Waals surface area contributed by atoms with E-state index in [1.54, 1.807) is 53.3 Å². The highest BCUT2D eigenvalue weighted by molar-refractivity contribution is 6.33. The third-order valence-corrected chi connectivity index (χ3v) is 12.1. The van der Waals surface area contributed by atoms with Crippen molar-refractivity contribution in [2.24, 2.45) is 10.8 Å². The molecule has 8 rings (SSSR count). The van der Waals surface area contributed by atoms with Crippen molar-refractivity contribution in [3.05, 3.63) is 105 Å². The third-order valence-electron chi connectivity index (χ3n) is 11.8. The van der Waals surface area contributed by atoms with Gasteiger partial charge in [0.2, 0.25) is 17.5 Å². The van der Waals surface area contributed by atoms with Crippen molar-refractivity contribution in [1.82, 2.24) is 35.2 Å². The lowest BCUT2D eigenvalue weighted by Crippen LogP contribution is -2.74. The number of nitrogens with one attached hydrogen (secondary N) is 2. The molecule has 1 saturated heterocycles. The zero-order valence-corrected chi connectivity index (χ0v) is 33.8. The summed E-state index contributed by atoms with van der Waals surface area (Å²) in [6.07, 6.45) is 5.14. The van der Waals surface area contributed by atoms with Crippen molar-refractivity contribution in [3.63, 3.8) is 0 Å². The largest absolute Gasteiger partial charge is 0.494 e. The molecule has 5 heterocycles. The fourth-order valence-electron chi connectivity index (χ4n) is 9.12. The molecule has 1 saturated carbocycles. The number of unbranched alkanes of at least 4 members (excludes halogenated alkanes) is 1. The fourth-order valence-corrected chi connectivity index (χ4v) is 9.33. The van der Waals surface area contributed by atoms with Gasteiger partial charge in [0.15, 0.2) is 5.82 Å². The van der Waals surface area contributed by atoms with E-state index in [0.29, 0.717) is 46.7 Å². The molecule has 2 aromatic carbocycles. The smallest absolute Gasteiger partial charge is 0.262 e. The monoisotopic (exact) mass is 818 g/mol. The van der Waals surface area contributed by atoms with Gasteiger partial charge in [0.1, 0.15) is 23.6 Å². The Balaban J connectivity index is 0.785. The minimum absolute atomic E-state index is 0.0641. The molecule has 59 heavy (non-hydrogen) atoms. The second-order valence-corrected chi connectivity index (χ2v) is 17.1. The molecule has 0 bridgehead atoms. The first-order valence-electron chi connectivity index (χ1n) is 19.5. The number of nitrogens with zero attached hydrogens (tertiary/aromatic N) is 6. The van der Waals surface area contributed by atoms with Crippen LogP contribution in [0.1, 0.15) is 95.7 Å². The number of piperidine rings is 1. The maximum absolute atomic E-state index is 13.4. The molecule has 1 unspecified atom stereocenters. The Kier molecular flexibility index (Phi) is 10.3. The van der Waals surface area contributed by atoms with E-state index in [0.717, 1.165) is 42.1 Å². The first-order valence-corrected chi connectivity index (χ1v) is 19.9. The number of ether oxygens (including phenoxy) is 2. The summed E-state index contributed by atoms with van der Waals surface area (Å²) in [5.74, 6) is -0.740. The molecule has 5 amide bonds. The fraction of sp³-hybridized carbons (Fsp3) is 0.395. The van der Waals surface area contributed by atoms with Crippen LogP contribution in [0.4, 0.5) is 5.69 Å². The summed E-state index contributed by atoms with van der Waals surface area (Å²) in [7, 11) is 0. The Hall–Kier alpha value is -6.11. The van der Waals surface area contributed by atoms with Gasteiger partial charge in [-0.05, 0) is 68.3 Å². The topological polar surface area (TPSA) is 169 Å². The number of carbonyl (C=O) groups is 5. The van der Waals surface area contributed by atoms with Gasteiger partial charge < -0.3 is 14.8 Å². The van der Waals surface area contributed by atoms with Crippen LogP contribution in [-0.4, -0.2) is 85.4 Å². The number of amides is 5. The molecule has 0 radical (unpaired) electrons. The molecule has 4 aliphatic rings. The molecule has 2 fully saturated rings. The van der Waals surface area contributed by atoms with Gasteiger partial charge in [-0.1, -0.05) is 45.4 Å². The van der Waals surface area contributed by atoms with Gasteiger partial charge in [0.25, 0.3) is 17.7 Å². The van der Waals surface area contributed by atoms with E-state index in [1.165, 1.54) is 6.07 Å². The minimum Gasteiger partial charge on any atom is -0.494 e. The molecule has 3 aliphatic heterocycles. The summed E-state index contributed by atoms with van der Waals surface area (Å²) in [6.45, 7) is 18.2. The van der Waals surface area contributed by atoms with Gasteiger partial charge in [-0.3, -0.25) is 39.1 Å². The van der Waals surface area contributed by atoms with Crippen molar-refractivity contribution in [2.75, 3.05) is 13.2 Å². The maximum Gasteiger partial charge on any atom is 0.262 e. The second kappa shape index (κ2) is 15.2. The number of carbonyl (C=O) groups excluding carboxylic acids is 5. The SMILES string of the molecule is [C-]#[N+]c1ccc(OC2C(C)(C)C(NC(=O)c3ccc(-n4cc5c(n4)CN(CCCCOc4ccc6c(c4)C(=O)N(C4CCC(=O)NC4=O)C6=O)C5)nc3)C2(C)C)cc1Cl. The van der Waals surface area contributed by atoms with Crippen molar-refractivity contribution in [1.29, 1.82) is 0 Å². The molecule has 1 atom stereocenters. The van der Waals surface area contributed by atoms with Crippen LogP contribution in [0.5, 0.6) is 11.5 Å². The molecular weight excluding hydrogens is 776 g/mol. The normalized spacial score (nSPS) is 21.6. The number of rotatable bonds is 12. The zero-order valence-electron chi connectivity index (χ0n) is 33.1. The predicted molar refractivity (Wildman–Crippen MR) is 214 cm³/mol. The number of hydrogen-bond acceptors (Lipinski definition) is 10. The van der Waals surface area contributed by atoms with Crippen LogP contribution in [0.2, 0.25) is 5.02 Å². The highest BCUT2D eigenvalue weighted by Crippen LogP contribution is 2.55. The van der Waals surface area contributed by atoms with Crippen molar-refractivity contribution in [3.8, 4) is 17.3 Å². The minimum atomic E-state index is -1.01. The molecule has 1 aliphatic carbocycles. The maximum atomic E-state index is 13.4. The van der Waals surface area contributed by atoms with Crippen LogP contribution in [0.15, 0.2) is 60.9 Å². The molecule has 304 valence electrons. The average molecular weight is 819 g/mol. The van der Waals surface area contributed by atoms with E-state index in [9.17, 15) is 24.0 Å². The number of hydrogen-bond donors (Lipinski definition) is 2. The summed E-state index contributed by atoms with van der Waals surface area (Å²) in [4.78, 5) is 74.6. The van der Waals surface area contributed by atoms with Gasteiger partial charge in [-0.25, -0.2) is 14.5 Å². The molecule has 2 N–H and O–H groups in total. The summed E-state index contributed by atoms with van der Waals surface area (Å²) in [5.41, 5.74) is 2.52. The second-order valence-electron chi connectivity index (χ2n) is 16.6. The van der Waals surface area contributed by atoms with Crippen LogP contribution >= 0.6 is 11.6 Å². The lowest BCUT2D eigenvalue weighted by Gasteiger charge is -2.63. The van der Waals surface area contributed by atoms with Crippen LogP contribution in [-0.2, 0) is 22.7 Å². The summed E-state index contributed by atoms with van der Waals surface area (Å²) in [5, 5.41) is 10.5. The summed E-state index contributed by atoms with van der Waals surface area (Å²) in [6, 6.07) is 12.1. The first-order chi connectivity index (χ1) is 28.1. The lowest BCUT2D eigenvalue weighted by atomic mass is 9.49. The van der Waals surface area contributed by atoms with E-state index < -0.39 is 40.5 Å². The number of aromatic nitrogens is 3. The molecule has 0 spiro atoms. The van der Waals surface area contributed by atoms with Gasteiger partial charge in [-0.2, -0.15) is 5.10 Å². The Bertz CT molecular complexity index is 2400. The van der Waals surface area contributed by atoms with Crippen molar-refractivity contribution < 1.29 is 33.4 Å². The highest BCUT2D eigenvalue weighted by atomic mass is 35.5. The number of benzene rings is 2. The quantitative estimate of drug-likeness (QED) is 0.103. The Morgan fingerprint density at radius 2 is 1.75 bits per heavy atom. The van der Waals surface area contributed by atoms with Gasteiger partial charge in [-0.15, -0.1) is 0 Å². The number of pyridine rings is 1. The van der Waals surface area contributed by atoms with Crippen LogP contribution < -0.4 is 20.1 Å². The van der Waals surface area contributed by atoms with Crippen molar-refractivity contribution >= 4 is 46.8 Å². The number of imide groups is 2. The number of fused-ring (bicyclic) bond motifs is 2. The molecular formula is C43H43ClN8O7. The zero-order chi connectivity index (χ0) is 41.8. The Morgan fingerprint density at radius 3 is 2.44 bits per heavy atom. The summed E-state index contributed by atoms with van der Waals surface area (Å²) < 4.78 is 14.0.